The van der Waals surface area contributed by atoms with Crippen LogP contribution in [0.2, 0.25) is 0 Å². The molecule has 0 heterocycles. The van der Waals surface area contributed by atoms with Crippen molar-refractivity contribution in [2.24, 2.45) is 10.7 Å². The minimum Gasteiger partial charge on any atom is -0.346 e. The maximum atomic E-state index is 13.9. The smallest absolute Gasteiger partial charge is 0.194 e. The predicted molar refractivity (Wildman–Crippen MR) is 141 cm³/mol. The Bertz CT molecular complexity index is 680. The molecule has 1 atom stereocenters. The van der Waals surface area contributed by atoms with E-state index in [1.165, 1.54) is 5.57 Å². The summed E-state index contributed by atoms with van der Waals surface area (Å²) in [5.41, 5.74) is 9.66. The van der Waals surface area contributed by atoms with Crippen LogP contribution in [-0.4, -0.2) is 69.5 Å². The molecule has 5 N–H and O–H groups in total. The molecule has 0 aromatic carbocycles. The molecule has 190 valence electrons. The Labute approximate surface area is 202 Å². The summed E-state index contributed by atoms with van der Waals surface area (Å²) in [5, 5.41) is 10.3. The molecule has 7 heteroatoms. The third-order valence-corrected chi connectivity index (χ3v) is 6.11. The number of aliphatic imine (C=N–C) groups is 1. The Morgan fingerprint density at radius 2 is 2.00 bits per heavy atom. The Balaban J connectivity index is 2.60. The number of alkyl halides is 1. The molecule has 1 unspecified atom stereocenters. The van der Waals surface area contributed by atoms with Crippen molar-refractivity contribution in [1.29, 1.82) is 0 Å². The highest BCUT2D eigenvalue weighted by atomic mass is 19.1. The number of halogens is 1. The first-order valence-electron chi connectivity index (χ1n) is 12.6. The Hall–Kier alpha value is -1.70. The lowest BCUT2D eigenvalue weighted by atomic mass is 9.94. The van der Waals surface area contributed by atoms with Crippen molar-refractivity contribution < 1.29 is 4.39 Å². The van der Waals surface area contributed by atoms with Gasteiger partial charge in [0.1, 0.15) is 12.8 Å². The van der Waals surface area contributed by atoms with Gasteiger partial charge in [0.15, 0.2) is 5.96 Å². The van der Waals surface area contributed by atoms with Gasteiger partial charge in [0.25, 0.3) is 0 Å². The van der Waals surface area contributed by atoms with Gasteiger partial charge in [-0.15, -0.1) is 0 Å². The molecule has 0 aromatic heterocycles. The van der Waals surface area contributed by atoms with Crippen molar-refractivity contribution >= 4 is 5.96 Å². The second-order valence-electron chi connectivity index (χ2n) is 9.46. The van der Waals surface area contributed by atoms with Crippen molar-refractivity contribution in [2.75, 3.05) is 46.9 Å². The van der Waals surface area contributed by atoms with Crippen LogP contribution in [0, 0.1) is 0 Å². The Kier molecular flexibility index (Phi) is 14.2. The summed E-state index contributed by atoms with van der Waals surface area (Å²) in [5.74, 6) is 0.768. The van der Waals surface area contributed by atoms with Gasteiger partial charge >= 0.3 is 0 Å². The van der Waals surface area contributed by atoms with Crippen molar-refractivity contribution in [1.82, 2.24) is 20.9 Å². The minimum absolute atomic E-state index is 0.158. The van der Waals surface area contributed by atoms with Crippen LogP contribution in [0.5, 0.6) is 0 Å². The van der Waals surface area contributed by atoms with E-state index in [4.69, 9.17) is 5.73 Å². The molecule has 6 nitrogen and oxygen atoms in total. The Morgan fingerprint density at radius 1 is 1.24 bits per heavy atom. The number of nitrogens with one attached hydrogen (secondary N) is 3. The van der Waals surface area contributed by atoms with Crippen LogP contribution >= 0.6 is 0 Å². The molecule has 0 spiro atoms. The lowest BCUT2D eigenvalue weighted by Gasteiger charge is -2.26. The van der Waals surface area contributed by atoms with E-state index < -0.39 is 6.67 Å². The lowest BCUT2D eigenvalue weighted by Crippen LogP contribution is -2.49. The van der Waals surface area contributed by atoms with Crippen LogP contribution in [0.15, 0.2) is 39.9 Å². The highest BCUT2D eigenvalue weighted by Crippen LogP contribution is 2.23. The number of hydrogen-bond donors (Lipinski definition) is 4. The summed E-state index contributed by atoms with van der Waals surface area (Å²) in [6.07, 6.45) is 11.3. The van der Waals surface area contributed by atoms with E-state index in [0.29, 0.717) is 6.42 Å². The molecule has 1 rings (SSSR count). The standard InChI is InChI=1S/C26H49FN6/c1-7-19-33(6)25(29-5)32-24(28)22-12-9-11-21(23(20-27)15-14-22)13-10-17-30-18-16-26(3,4)31-8-2/h9,12,14,24,30-31H,7-8,10-11,13,15-20,28H2,1-6H3,(H,29,32)/b12-9?,22-14+,23-21-. The van der Waals surface area contributed by atoms with Gasteiger partial charge in [0, 0.05) is 26.2 Å². The summed E-state index contributed by atoms with van der Waals surface area (Å²) in [7, 11) is 3.76. The summed E-state index contributed by atoms with van der Waals surface area (Å²) in [6.45, 7) is 12.2. The van der Waals surface area contributed by atoms with Gasteiger partial charge in [-0.05, 0) is 83.2 Å². The molecular weight excluding hydrogens is 415 g/mol. The third-order valence-electron chi connectivity index (χ3n) is 6.11. The first-order chi connectivity index (χ1) is 15.8. The number of nitrogens with two attached hydrogens (primary N) is 1. The molecule has 0 amide bonds. The van der Waals surface area contributed by atoms with Crippen molar-refractivity contribution in [3.63, 3.8) is 0 Å². The normalized spacial score (nSPS) is 20.1. The van der Waals surface area contributed by atoms with Gasteiger partial charge in [-0.3, -0.25) is 4.99 Å². The topological polar surface area (TPSA) is 77.7 Å². The van der Waals surface area contributed by atoms with Gasteiger partial charge in [-0.2, -0.15) is 0 Å². The van der Waals surface area contributed by atoms with Crippen molar-refractivity contribution in [2.45, 2.75) is 77.9 Å². The fourth-order valence-electron chi connectivity index (χ4n) is 4.12. The molecule has 33 heavy (non-hydrogen) atoms. The lowest BCUT2D eigenvalue weighted by molar-refractivity contribution is 0.363. The number of guanidine groups is 1. The number of rotatable bonds is 14. The number of nitrogens with zero attached hydrogens (tertiary/aromatic N) is 2. The van der Waals surface area contributed by atoms with Crippen molar-refractivity contribution in [3.8, 4) is 0 Å². The van der Waals surface area contributed by atoms with Gasteiger partial charge < -0.3 is 26.6 Å². The van der Waals surface area contributed by atoms with Gasteiger partial charge in [0.2, 0.25) is 0 Å². The van der Waals surface area contributed by atoms with E-state index in [-0.39, 0.29) is 11.7 Å². The maximum Gasteiger partial charge on any atom is 0.194 e. The third kappa shape index (κ3) is 11.3. The van der Waals surface area contributed by atoms with Gasteiger partial charge in [-0.25, -0.2) is 4.39 Å². The molecule has 0 bridgehead atoms. The highest BCUT2D eigenvalue weighted by molar-refractivity contribution is 5.80. The second-order valence-corrected chi connectivity index (χ2v) is 9.46. The van der Waals surface area contributed by atoms with Crippen LogP contribution in [0.3, 0.4) is 0 Å². The Morgan fingerprint density at radius 3 is 2.64 bits per heavy atom. The molecule has 0 aliphatic heterocycles. The second kappa shape index (κ2) is 16.0. The highest BCUT2D eigenvalue weighted by Gasteiger charge is 2.16. The molecular formula is C26H49FN6. The molecule has 1 aliphatic carbocycles. The summed E-state index contributed by atoms with van der Waals surface area (Å²) in [4.78, 5) is 6.39. The van der Waals surface area contributed by atoms with Crippen LogP contribution in [0.4, 0.5) is 4.39 Å². The molecule has 0 aromatic rings. The van der Waals surface area contributed by atoms with Gasteiger partial charge in [-0.1, -0.05) is 37.6 Å². The van der Waals surface area contributed by atoms with E-state index in [2.05, 4.69) is 71.8 Å². The zero-order chi connectivity index (χ0) is 24.7. The van der Waals surface area contributed by atoms with Gasteiger partial charge in [0.05, 0.1) is 0 Å². The quantitative estimate of drug-likeness (QED) is 0.103. The van der Waals surface area contributed by atoms with E-state index in [1.807, 2.05) is 7.05 Å². The predicted octanol–water partition coefficient (Wildman–Crippen LogP) is 3.88. The molecule has 0 radical (unpaired) electrons. The fourth-order valence-corrected chi connectivity index (χ4v) is 4.12. The SMILES string of the molecule is CCCN(C)C(=NC)NC(N)/C1=C/C/C(CF)=C(/CCCNCCC(C)(C)NCC)CC=C1. The number of allylic oxidation sites excluding steroid dienone is 4. The van der Waals surface area contributed by atoms with E-state index in [0.717, 1.165) is 75.4 Å². The average molecular weight is 465 g/mol. The van der Waals surface area contributed by atoms with Crippen LogP contribution in [0.1, 0.15) is 66.2 Å². The minimum atomic E-state index is -0.402. The molecule has 0 saturated heterocycles. The summed E-state index contributed by atoms with van der Waals surface area (Å²) in [6, 6.07) is 0. The van der Waals surface area contributed by atoms with Crippen LogP contribution in [0.25, 0.3) is 0 Å². The zero-order valence-electron chi connectivity index (χ0n) is 21.9. The molecule has 0 fully saturated rings. The maximum absolute atomic E-state index is 13.9. The zero-order valence-corrected chi connectivity index (χ0v) is 21.9. The monoisotopic (exact) mass is 464 g/mol. The van der Waals surface area contributed by atoms with E-state index in [1.54, 1.807) is 7.05 Å². The van der Waals surface area contributed by atoms with E-state index >= 15 is 0 Å². The first kappa shape index (κ1) is 29.3. The molecule has 1 aliphatic rings. The van der Waals surface area contributed by atoms with Crippen LogP contribution < -0.4 is 21.7 Å². The fraction of sp³-hybridized carbons (Fsp3) is 0.731. The number of hydrogen-bond acceptors (Lipinski definition) is 4. The average Bonchev–Trinajstić information content (AvgIpc) is 2.75. The van der Waals surface area contributed by atoms with E-state index in [9.17, 15) is 4.39 Å². The van der Waals surface area contributed by atoms with Crippen LogP contribution in [-0.2, 0) is 0 Å². The molecule has 0 saturated carbocycles. The largest absolute Gasteiger partial charge is 0.346 e. The van der Waals surface area contributed by atoms with Crippen molar-refractivity contribution in [3.05, 3.63) is 34.9 Å². The first-order valence-corrected chi connectivity index (χ1v) is 12.6. The summed E-state index contributed by atoms with van der Waals surface area (Å²) >= 11 is 0. The summed E-state index contributed by atoms with van der Waals surface area (Å²) < 4.78 is 13.9.